The van der Waals surface area contributed by atoms with E-state index in [0.29, 0.717) is 32.0 Å². The predicted octanol–water partition coefficient (Wildman–Crippen LogP) is 6.40. The van der Waals surface area contributed by atoms with Gasteiger partial charge in [-0.2, -0.15) is 0 Å². The maximum absolute atomic E-state index is 13.8. The summed E-state index contributed by atoms with van der Waals surface area (Å²) in [6, 6.07) is 16.7. The Hall–Kier alpha value is -3.28. The number of carbonyl (C=O) groups excluding carboxylic acids is 2. The topological polar surface area (TPSA) is 59.7 Å². The number of hydrogen-bond donors (Lipinski definition) is 1. The van der Waals surface area contributed by atoms with Crippen LogP contribution >= 0.6 is 0 Å². The van der Waals surface area contributed by atoms with Crippen LogP contribution in [0.15, 0.2) is 54.7 Å². The first-order valence-corrected chi connectivity index (χ1v) is 14.8. The number of hydrogen-bond acceptors (Lipinski definition) is 3. The highest BCUT2D eigenvalue weighted by Crippen LogP contribution is 2.29. The Balaban J connectivity index is 1.47. The van der Waals surface area contributed by atoms with Crippen LogP contribution in [0, 0.1) is 5.92 Å². The fraction of sp³-hybridized carbons (Fsp3) is 0.515. The third kappa shape index (κ3) is 8.11. The molecule has 0 spiro atoms. The number of nitrogens with zero attached hydrogens (tertiary/aromatic N) is 3. The fourth-order valence-corrected chi connectivity index (χ4v) is 5.69. The average Bonchev–Trinajstić information content (AvgIpc) is 3.62. The molecule has 2 aromatic carbocycles. The normalized spacial score (nSPS) is 13.6. The molecule has 1 N–H and O–H groups in total. The van der Waals surface area contributed by atoms with Crippen LogP contribution in [-0.4, -0.2) is 60.3 Å². The zero-order valence-corrected chi connectivity index (χ0v) is 24.1. The number of amides is 2. The Morgan fingerprint density at radius 1 is 0.923 bits per heavy atom. The molecule has 1 heterocycles. The monoisotopic (exact) mass is 530 g/mol. The molecule has 2 amide bonds. The lowest BCUT2D eigenvalue weighted by Gasteiger charge is -2.28. The van der Waals surface area contributed by atoms with Gasteiger partial charge in [-0.15, -0.1) is 0 Å². The molecule has 1 fully saturated rings. The quantitative estimate of drug-likeness (QED) is 0.262. The van der Waals surface area contributed by atoms with Crippen LogP contribution in [0.4, 0.5) is 5.69 Å². The lowest BCUT2D eigenvalue weighted by atomic mass is 10.0. The van der Waals surface area contributed by atoms with E-state index in [1.54, 1.807) is 0 Å². The molecule has 1 aliphatic rings. The predicted molar refractivity (Wildman–Crippen MR) is 161 cm³/mol. The molecule has 6 nitrogen and oxygen atoms in total. The second-order valence-electron chi connectivity index (χ2n) is 11.3. The summed E-state index contributed by atoms with van der Waals surface area (Å²) in [4.78, 5) is 36.3. The number of para-hydroxylation sites is 1. The fourth-order valence-electron chi connectivity index (χ4n) is 5.69. The van der Waals surface area contributed by atoms with Gasteiger partial charge in [0.1, 0.15) is 0 Å². The number of aromatic amines is 1. The van der Waals surface area contributed by atoms with Crippen molar-refractivity contribution in [2.75, 3.05) is 38.6 Å². The summed E-state index contributed by atoms with van der Waals surface area (Å²) in [5, 5.41) is 1.20. The van der Waals surface area contributed by atoms with Crippen LogP contribution in [0.25, 0.3) is 10.9 Å². The van der Waals surface area contributed by atoms with Crippen molar-refractivity contribution in [2.24, 2.45) is 5.92 Å². The first kappa shape index (κ1) is 28.7. The standard InChI is InChI=1S/C33H46N4O2/c1-4-5-21-36(32(38)19-16-26-10-6-7-11-26)25-33(39)37(24-27-14-17-29(18-15-27)35(2)3)22-20-28-23-34-31-13-9-8-12-30(28)31/h8-9,12-15,17-18,23,26,34H,4-7,10-11,16,19-22,24-25H2,1-3H3. The second kappa shape index (κ2) is 14.2. The molecule has 0 atom stereocenters. The smallest absolute Gasteiger partial charge is 0.242 e. The van der Waals surface area contributed by atoms with Gasteiger partial charge in [-0.3, -0.25) is 9.59 Å². The average molecular weight is 531 g/mol. The first-order valence-electron chi connectivity index (χ1n) is 14.8. The molecule has 6 heteroatoms. The van der Waals surface area contributed by atoms with E-state index in [2.05, 4.69) is 65.5 Å². The second-order valence-corrected chi connectivity index (χ2v) is 11.3. The van der Waals surface area contributed by atoms with Crippen molar-refractivity contribution >= 4 is 28.4 Å². The Kier molecular flexibility index (Phi) is 10.5. The molecule has 210 valence electrons. The third-order valence-corrected chi connectivity index (χ3v) is 8.21. The highest BCUT2D eigenvalue weighted by molar-refractivity contribution is 5.85. The van der Waals surface area contributed by atoms with Gasteiger partial charge in [-0.05, 0) is 54.5 Å². The van der Waals surface area contributed by atoms with Crippen molar-refractivity contribution in [3.05, 3.63) is 65.9 Å². The lowest BCUT2D eigenvalue weighted by Crippen LogP contribution is -2.43. The Bertz CT molecular complexity index is 1190. The summed E-state index contributed by atoms with van der Waals surface area (Å²) in [5.41, 5.74) is 4.56. The van der Waals surface area contributed by atoms with Crippen molar-refractivity contribution in [3.63, 3.8) is 0 Å². The molecule has 1 aliphatic carbocycles. The van der Waals surface area contributed by atoms with Crippen LogP contribution in [0.3, 0.4) is 0 Å². The van der Waals surface area contributed by atoms with E-state index in [1.807, 2.05) is 30.0 Å². The summed E-state index contributed by atoms with van der Waals surface area (Å²) >= 11 is 0. The van der Waals surface area contributed by atoms with Crippen molar-refractivity contribution in [1.29, 1.82) is 0 Å². The van der Waals surface area contributed by atoms with Gasteiger partial charge < -0.3 is 19.7 Å². The van der Waals surface area contributed by atoms with Gasteiger partial charge in [0.05, 0.1) is 6.54 Å². The van der Waals surface area contributed by atoms with E-state index in [1.165, 1.54) is 36.6 Å². The minimum atomic E-state index is 0.0249. The summed E-state index contributed by atoms with van der Waals surface area (Å²) in [5.74, 6) is 0.836. The number of carbonyl (C=O) groups is 2. The number of fused-ring (bicyclic) bond motifs is 1. The summed E-state index contributed by atoms with van der Waals surface area (Å²) in [7, 11) is 4.06. The van der Waals surface area contributed by atoms with Gasteiger partial charge in [-0.25, -0.2) is 0 Å². The highest BCUT2D eigenvalue weighted by atomic mass is 16.2. The van der Waals surface area contributed by atoms with Gasteiger partial charge >= 0.3 is 0 Å². The van der Waals surface area contributed by atoms with Crippen molar-refractivity contribution in [3.8, 4) is 0 Å². The van der Waals surface area contributed by atoms with E-state index < -0.39 is 0 Å². The molecule has 1 saturated carbocycles. The van der Waals surface area contributed by atoms with Crippen LogP contribution < -0.4 is 4.90 Å². The van der Waals surface area contributed by atoms with E-state index in [4.69, 9.17) is 0 Å². The minimum absolute atomic E-state index is 0.0249. The van der Waals surface area contributed by atoms with Crippen molar-refractivity contribution < 1.29 is 9.59 Å². The zero-order valence-electron chi connectivity index (χ0n) is 24.1. The molecule has 1 aromatic heterocycles. The van der Waals surface area contributed by atoms with E-state index in [-0.39, 0.29) is 18.4 Å². The number of nitrogens with one attached hydrogen (secondary N) is 1. The molecular formula is C33H46N4O2. The van der Waals surface area contributed by atoms with Crippen LogP contribution in [0.1, 0.15) is 69.4 Å². The molecule has 0 saturated heterocycles. The molecule has 3 aromatic rings. The van der Waals surface area contributed by atoms with Gasteiger partial charge in [0.2, 0.25) is 11.8 Å². The number of benzene rings is 2. The molecule has 0 aliphatic heterocycles. The number of anilines is 1. The largest absolute Gasteiger partial charge is 0.378 e. The van der Waals surface area contributed by atoms with Gasteiger partial charge in [0.15, 0.2) is 0 Å². The van der Waals surface area contributed by atoms with Gasteiger partial charge in [0.25, 0.3) is 0 Å². The number of H-pyrrole nitrogens is 1. The Morgan fingerprint density at radius 2 is 1.67 bits per heavy atom. The number of unbranched alkanes of at least 4 members (excludes halogenated alkanes) is 1. The van der Waals surface area contributed by atoms with E-state index in [9.17, 15) is 9.59 Å². The Morgan fingerprint density at radius 3 is 2.38 bits per heavy atom. The molecule has 39 heavy (non-hydrogen) atoms. The lowest BCUT2D eigenvalue weighted by molar-refractivity contribution is -0.141. The number of rotatable bonds is 14. The summed E-state index contributed by atoms with van der Waals surface area (Å²) < 4.78 is 0. The maximum atomic E-state index is 13.8. The van der Waals surface area contributed by atoms with Crippen LogP contribution in [0.2, 0.25) is 0 Å². The van der Waals surface area contributed by atoms with E-state index in [0.717, 1.165) is 42.5 Å². The molecule has 0 unspecified atom stereocenters. The summed E-state index contributed by atoms with van der Waals surface area (Å²) in [6.45, 7) is 4.08. The molecule has 0 radical (unpaired) electrons. The summed E-state index contributed by atoms with van der Waals surface area (Å²) in [6.07, 6.45) is 11.3. The zero-order chi connectivity index (χ0) is 27.6. The number of aromatic nitrogens is 1. The minimum Gasteiger partial charge on any atom is -0.378 e. The van der Waals surface area contributed by atoms with Crippen molar-refractivity contribution in [2.45, 2.75) is 71.3 Å². The first-order chi connectivity index (χ1) is 18.9. The molecular weight excluding hydrogens is 484 g/mol. The maximum Gasteiger partial charge on any atom is 0.242 e. The molecule has 0 bridgehead atoms. The van der Waals surface area contributed by atoms with Crippen molar-refractivity contribution in [1.82, 2.24) is 14.8 Å². The third-order valence-electron chi connectivity index (χ3n) is 8.21. The highest BCUT2D eigenvalue weighted by Gasteiger charge is 2.23. The van der Waals surface area contributed by atoms with Crippen LogP contribution in [0.5, 0.6) is 0 Å². The van der Waals surface area contributed by atoms with Gasteiger partial charge in [0, 0.05) is 62.9 Å². The SMILES string of the molecule is CCCCN(CC(=O)N(CCc1c[nH]c2ccccc12)Cc1ccc(N(C)C)cc1)C(=O)CCC1CCCC1. The Labute approximate surface area is 234 Å². The van der Waals surface area contributed by atoms with E-state index >= 15 is 0 Å². The molecule has 4 rings (SSSR count). The van der Waals surface area contributed by atoms with Gasteiger partial charge in [-0.1, -0.05) is 69.4 Å². The van der Waals surface area contributed by atoms with Crippen LogP contribution in [-0.2, 0) is 22.6 Å².